The summed E-state index contributed by atoms with van der Waals surface area (Å²) in [6.07, 6.45) is 2.15. The summed E-state index contributed by atoms with van der Waals surface area (Å²) < 4.78 is 17.0. The smallest absolute Gasteiger partial charge is 0.333 e. The van der Waals surface area contributed by atoms with Crippen molar-refractivity contribution in [1.29, 1.82) is 0 Å². The zero-order valence-corrected chi connectivity index (χ0v) is 17.0. The molecule has 2 aliphatic carbocycles. The van der Waals surface area contributed by atoms with Crippen molar-refractivity contribution in [2.45, 2.75) is 71.2 Å². The van der Waals surface area contributed by atoms with E-state index in [0.717, 1.165) is 25.7 Å². The summed E-state index contributed by atoms with van der Waals surface area (Å²) in [7, 11) is 0. The molecule has 2 rings (SSSR count). The average molecular weight is 390 g/mol. The number of rotatable bonds is 6. The molecule has 0 N–H and O–H groups in total. The van der Waals surface area contributed by atoms with Gasteiger partial charge in [-0.3, -0.25) is 0 Å². The van der Waals surface area contributed by atoms with Gasteiger partial charge in [0.25, 0.3) is 0 Å². The van der Waals surface area contributed by atoms with Crippen LogP contribution in [0.5, 0.6) is 0 Å². The highest BCUT2D eigenvalue weighted by molar-refractivity contribution is 5.88. The van der Waals surface area contributed by atoms with Crippen molar-refractivity contribution in [3.05, 3.63) is 36.5 Å². The van der Waals surface area contributed by atoms with Crippen molar-refractivity contribution in [2.24, 2.45) is 11.8 Å². The van der Waals surface area contributed by atoms with E-state index in [9.17, 15) is 14.4 Å². The predicted molar refractivity (Wildman–Crippen MR) is 104 cm³/mol. The lowest BCUT2D eigenvalue weighted by Gasteiger charge is -2.47. The van der Waals surface area contributed by atoms with Gasteiger partial charge in [-0.1, -0.05) is 32.6 Å². The van der Waals surface area contributed by atoms with Gasteiger partial charge in [-0.25, -0.2) is 14.4 Å². The lowest BCUT2D eigenvalue weighted by atomic mass is 9.67. The Labute approximate surface area is 166 Å². The second kappa shape index (κ2) is 9.22. The van der Waals surface area contributed by atoms with Crippen LogP contribution in [0.1, 0.15) is 52.9 Å². The Kier molecular flexibility index (Phi) is 7.22. The number of fused-ring (bicyclic) bond motifs is 1. The first-order chi connectivity index (χ1) is 13.1. The van der Waals surface area contributed by atoms with Gasteiger partial charge in [0.05, 0.1) is 0 Å². The molecule has 2 saturated carbocycles. The fraction of sp³-hybridized carbons (Fsp3) is 0.591. The zero-order valence-electron chi connectivity index (χ0n) is 17.0. The highest BCUT2D eigenvalue weighted by Crippen LogP contribution is 2.44. The summed E-state index contributed by atoms with van der Waals surface area (Å²) in [6, 6.07) is 0. The first kappa shape index (κ1) is 21.9. The van der Waals surface area contributed by atoms with Crippen molar-refractivity contribution in [3.8, 4) is 0 Å². The third-order valence-electron chi connectivity index (χ3n) is 5.41. The number of ether oxygens (including phenoxy) is 3. The van der Waals surface area contributed by atoms with Gasteiger partial charge in [-0.15, -0.1) is 0 Å². The van der Waals surface area contributed by atoms with E-state index < -0.39 is 36.2 Å². The summed E-state index contributed by atoms with van der Waals surface area (Å²) >= 11 is 0. The highest BCUT2D eigenvalue weighted by Gasteiger charge is 2.51. The van der Waals surface area contributed by atoms with E-state index in [1.807, 2.05) is 0 Å². The van der Waals surface area contributed by atoms with Crippen LogP contribution < -0.4 is 0 Å². The van der Waals surface area contributed by atoms with Crippen molar-refractivity contribution in [3.63, 3.8) is 0 Å². The van der Waals surface area contributed by atoms with E-state index >= 15 is 0 Å². The molecule has 0 saturated heterocycles. The summed E-state index contributed by atoms with van der Waals surface area (Å²) in [5, 5.41) is 0. The first-order valence-corrected chi connectivity index (χ1v) is 9.71. The predicted octanol–water partition coefficient (Wildman–Crippen LogP) is 3.66. The number of hydrogen-bond donors (Lipinski definition) is 0. The lowest BCUT2D eigenvalue weighted by molar-refractivity contribution is -0.202. The van der Waals surface area contributed by atoms with Crippen LogP contribution in [0, 0.1) is 11.8 Å². The number of esters is 3. The normalized spacial score (nSPS) is 29.0. The van der Waals surface area contributed by atoms with Crippen LogP contribution in [0.3, 0.4) is 0 Å². The van der Waals surface area contributed by atoms with Gasteiger partial charge in [0, 0.05) is 22.6 Å². The molecule has 0 aromatic rings. The molecule has 0 spiro atoms. The van der Waals surface area contributed by atoms with Crippen molar-refractivity contribution >= 4 is 17.9 Å². The first-order valence-electron chi connectivity index (χ1n) is 9.71. The average Bonchev–Trinajstić information content (AvgIpc) is 2.63. The standard InChI is InChI=1S/C22H30O6/c1-12(2)20(23)26-17-11-15-9-7-8-10-16(15)18(27-21(24)13(3)4)19(17)28-22(25)14(5)6/h15-19H,1,3,5,7-11H2,2,4,6H3. The molecule has 2 aliphatic rings. The van der Waals surface area contributed by atoms with Crippen molar-refractivity contribution in [1.82, 2.24) is 0 Å². The molecule has 0 heterocycles. The van der Waals surface area contributed by atoms with Crippen LogP contribution in [-0.2, 0) is 28.6 Å². The van der Waals surface area contributed by atoms with Crippen LogP contribution in [0.25, 0.3) is 0 Å². The molecule has 154 valence electrons. The molecule has 28 heavy (non-hydrogen) atoms. The topological polar surface area (TPSA) is 78.9 Å². The summed E-state index contributed by atoms with van der Waals surface area (Å²) in [6.45, 7) is 15.5. The van der Waals surface area contributed by atoms with Gasteiger partial charge >= 0.3 is 17.9 Å². The molecule has 6 heteroatoms. The largest absolute Gasteiger partial charge is 0.455 e. The third-order valence-corrected chi connectivity index (χ3v) is 5.41. The Morgan fingerprint density at radius 1 is 0.714 bits per heavy atom. The number of carbonyl (C=O) groups is 3. The van der Waals surface area contributed by atoms with E-state index in [2.05, 4.69) is 19.7 Å². The molecule has 0 aliphatic heterocycles. The van der Waals surface area contributed by atoms with Gasteiger partial charge < -0.3 is 14.2 Å². The Bertz CT molecular complexity index is 691. The fourth-order valence-corrected chi connectivity index (χ4v) is 3.95. The molecular weight excluding hydrogens is 360 g/mol. The quantitative estimate of drug-likeness (QED) is 0.391. The fourth-order valence-electron chi connectivity index (χ4n) is 3.95. The molecule has 5 unspecified atom stereocenters. The van der Waals surface area contributed by atoms with Gasteiger partial charge in [0.2, 0.25) is 0 Å². The lowest BCUT2D eigenvalue weighted by Crippen LogP contribution is -2.56. The van der Waals surface area contributed by atoms with Gasteiger partial charge in [-0.05, 0) is 46.0 Å². The maximum absolute atomic E-state index is 12.3. The van der Waals surface area contributed by atoms with Gasteiger partial charge in [0.15, 0.2) is 6.10 Å². The molecule has 5 atom stereocenters. The van der Waals surface area contributed by atoms with E-state index in [1.54, 1.807) is 20.8 Å². The molecule has 2 fully saturated rings. The second-order valence-electron chi connectivity index (χ2n) is 7.97. The van der Waals surface area contributed by atoms with Crippen LogP contribution in [0.2, 0.25) is 0 Å². The maximum Gasteiger partial charge on any atom is 0.333 e. The van der Waals surface area contributed by atoms with Gasteiger partial charge in [0.1, 0.15) is 12.2 Å². The number of hydrogen-bond acceptors (Lipinski definition) is 6. The molecule has 0 bridgehead atoms. The monoisotopic (exact) mass is 390 g/mol. The molecule has 0 radical (unpaired) electrons. The Hall–Kier alpha value is -2.37. The van der Waals surface area contributed by atoms with E-state index in [-0.39, 0.29) is 28.6 Å². The highest BCUT2D eigenvalue weighted by atomic mass is 16.6. The van der Waals surface area contributed by atoms with Crippen LogP contribution in [-0.4, -0.2) is 36.2 Å². The minimum atomic E-state index is -0.893. The molecule has 0 aromatic carbocycles. The molecule has 0 amide bonds. The Morgan fingerprint density at radius 3 is 1.71 bits per heavy atom. The van der Waals surface area contributed by atoms with E-state index in [4.69, 9.17) is 14.2 Å². The summed E-state index contributed by atoms with van der Waals surface area (Å²) in [4.78, 5) is 36.7. The van der Waals surface area contributed by atoms with Crippen molar-refractivity contribution < 1.29 is 28.6 Å². The third kappa shape index (κ3) is 5.12. The molecular formula is C22H30O6. The molecule has 0 aromatic heterocycles. The van der Waals surface area contributed by atoms with Crippen LogP contribution >= 0.6 is 0 Å². The summed E-state index contributed by atoms with van der Waals surface area (Å²) in [5.74, 6) is -1.44. The summed E-state index contributed by atoms with van der Waals surface area (Å²) in [5.41, 5.74) is 0.741. The zero-order chi connectivity index (χ0) is 21.0. The Morgan fingerprint density at radius 2 is 1.18 bits per heavy atom. The van der Waals surface area contributed by atoms with Crippen LogP contribution in [0.4, 0.5) is 0 Å². The maximum atomic E-state index is 12.3. The second-order valence-corrected chi connectivity index (χ2v) is 7.97. The van der Waals surface area contributed by atoms with Gasteiger partial charge in [-0.2, -0.15) is 0 Å². The minimum absolute atomic E-state index is 0.0414. The van der Waals surface area contributed by atoms with Crippen LogP contribution in [0.15, 0.2) is 36.5 Å². The SMILES string of the molecule is C=C(C)C(=O)OC1CC2CCCCC2C(OC(=O)C(=C)C)C1OC(=O)C(=C)C. The Balaban J connectivity index is 2.37. The molecule has 6 nitrogen and oxygen atoms in total. The number of carbonyl (C=O) groups excluding carboxylic acids is 3. The van der Waals surface area contributed by atoms with E-state index in [0.29, 0.717) is 6.42 Å². The minimum Gasteiger partial charge on any atom is -0.455 e. The van der Waals surface area contributed by atoms with Crippen molar-refractivity contribution in [2.75, 3.05) is 0 Å². The van der Waals surface area contributed by atoms with E-state index in [1.165, 1.54) is 0 Å².